The van der Waals surface area contributed by atoms with E-state index in [4.69, 9.17) is 10.2 Å². The number of nitrogens with one attached hydrogen (secondary N) is 1. The molecule has 7 nitrogen and oxygen atoms in total. The zero-order chi connectivity index (χ0) is 17.6. The van der Waals surface area contributed by atoms with Crippen molar-refractivity contribution in [2.75, 3.05) is 25.0 Å². The molecule has 1 amide bonds. The van der Waals surface area contributed by atoms with Crippen LogP contribution < -0.4 is 5.32 Å². The highest BCUT2D eigenvalue weighted by atomic mass is 79.9. The minimum absolute atomic E-state index is 0.317. The Kier molecular flexibility index (Phi) is 7.18. The molecule has 0 radical (unpaired) electrons. The van der Waals surface area contributed by atoms with Gasteiger partial charge in [-0.05, 0) is 23.6 Å². The normalized spacial score (nSPS) is 10.8. The lowest BCUT2D eigenvalue weighted by Crippen LogP contribution is -2.40. The standard InChI is InChI=1S/C15H19BrN2O5/c1-9(2)11-4-3-10(5-12(11)16)17-13(19)6-18(7-14(20)21)8-15(22)23/h3-5,9H,6-8H2,1-2H3,(H,17,19)(H,20,21)(H,22,23). The van der Waals surface area contributed by atoms with Gasteiger partial charge in [0.25, 0.3) is 0 Å². The molecule has 0 aliphatic heterocycles. The van der Waals surface area contributed by atoms with Crippen LogP contribution in [0.25, 0.3) is 0 Å². The molecule has 3 N–H and O–H groups in total. The van der Waals surface area contributed by atoms with Gasteiger partial charge in [0.2, 0.25) is 5.91 Å². The summed E-state index contributed by atoms with van der Waals surface area (Å²) in [6, 6.07) is 5.39. The number of amides is 1. The van der Waals surface area contributed by atoms with E-state index in [1.807, 2.05) is 19.9 Å². The number of hydrogen-bond acceptors (Lipinski definition) is 4. The molecule has 0 unspecified atom stereocenters. The first-order valence-corrected chi connectivity index (χ1v) is 7.73. The molecule has 0 fully saturated rings. The summed E-state index contributed by atoms with van der Waals surface area (Å²) >= 11 is 3.44. The number of anilines is 1. The molecule has 126 valence electrons. The van der Waals surface area contributed by atoms with Gasteiger partial charge in [0.15, 0.2) is 0 Å². The van der Waals surface area contributed by atoms with Gasteiger partial charge in [-0.2, -0.15) is 0 Å². The monoisotopic (exact) mass is 386 g/mol. The van der Waals surface area contributed by atoms with Gasteiger partial charge in [0.05, 0.1) is 19.6 Å². The molecular formula is C15H19BrN2O5. The Morgan fingerprint density at radius 2 is 1.70 bits per heavy atom. The highest BCUT2D eigenvalue weighted by Gasteiger charge is 2.17. The van der Waals surface area contributed by atoms with Crippen LogP contribution in [0.3, 0.4) is 0 Å². The van der Waals surface area contributed by atoms with E-state index in [2.05, 4.69) is 21.2 Å². The number of halogens is 1. The molecule has 0 saturated carbocycles. The molecule has 0 aliphatic carbocycles. The van der Waals surface area contributed by atoms with Gasteiger partial charge in [-0.15, -0.1) is 0 Å². The van der Waals surface area contributed by atoms with E-state index in [1.165, 1.54) is 0 Å². The Bertz CT molecular complexity index is 588. The number of carboxylic acid groups (broad SMARTS) is 2. The van der Waals surface area contributed by atoms with Crippen molar-refractivity contribution in [3.63, 3.8) is 0 Å². The summed E-state index contributed by atoms with van der Waals surface area (Å²) in [6.07, 6.45) is 0. The molecule has 8 heteroatoms. The Hall–Kier alpha value is -1.93. The molecule has 0 atom stereocenters. The molecule has 1 aromatic carbocycles. The summed E-state index contributed by atoms with van der Waals surface area (Å²) in [6.45, 7) is 2.75. The van der Waals surface area contributed by atoms with Gasteiger partial charge in [0.1, 0.15) is 0 Å². The fourth-order valence-electron chi connectivity index (χ4n) is 2.03. The Labute approximate surface area is 142 Å². The maximum Gasteiger partial charge on any atom is 0.317 e. The average Bonchev–Trinajstić information content (AvgIpc) is 2.35. The first-order valence-electron chi connectivity index (χ1n) is 6.94. The van der Waals surface area contributed by atoms with Gasteiger partial charge in [-0.1, -0.05) is 35.8 Å². The van der Waals surface area contributed by atoms with E-state index in [-0.39, 0.29) is 6.54 Å². The van der Waals surface area contributed by atoms with Crippen molar-refractivity contribution in [3.8, 4) is 0 Å². The van der Waals surface area contributed by atoms with Crippen LogP contribution in [-0.4, -0.2) is 52.6 Å². The zero-order valence-electron chi connectivity index (χ0n) is 12.9. The van der Waals surface area contributed by atoms with Crippen molar-refractivity contribution < 1.29 is 24.6 Å². The van der Waals surface area contributed by atoms with Crippen LogP contribution in [0.15, 0.2) is 22.7 Å². The number of nitrogens with zero attached hydrogens (tertiary/aromatic N) is 1. The van der Waals surface area contributed by atoms with Crippen molar-refractivity contribution in [3.05, 3.63) is 28.2 Å². The first-order chi connectivity index (χ1) is 10.7. The summed E-state index contributed by atoms with van der Waals surface area (Å²) in [5, 5.41) is 20.1. The van der Waals surface area contributed by atoms with Crippen molar-refractivity contribution in [1.82, 2.24) is 4.90 Å². The van der Waals surface area contributed by atoms with Crippen LogP contribution in [0.4, 0.5) is 5.69 Å². The first kappa shape index (κ1) is 19.1. The molecule has 0 heterocycles. The Morgan fingerprint density at radius 3 is 2.13 bits per heavy atom. The number of benzene rings is 1. The fourth-order valence-corrected chi connectivity index (χ4v) is 2.86. The highest BCUT2D eigenvalue weighted by Crippen LogP contribution is 2.27. The van der Waals surface area contributed by atoms with E-state index in [1.54, 1.807) is 12.1 Å². The molecule has 0 saturated heterocycles. The Balaban J connectivity index is 2.72. The van der Waals surface area contributed by atoms with Gasteiger partial charge < -0.3 is 15.5 Å². The third-order valence-electron chi connectivity index (χ3n) is 2.99. The van der Waals surface area contributed by atoms with Gasteiger partial charge in [0, 0.05) is 10.2 Å². The fraction of sp³-hybridized carbons (Fsp3) is 0.400. The summed E-state index contributed by atoms with van der Waals surface area (Å²) in [5.74, 6) is -2.53. The topological polar surface area (TPSA) is 107 Å². The molecule has 23 heavy (non-hydrogen) atoms. The van der Waals surface area contributed by atoms with E-state index in [9.17, 15) is 14.4 Å². The second-order valence-electron chi connectivity index (χ2n) is 5.37. The van der Waals surface area contributed by atoms with Crippen molar-refractivity contribution in [1.29, 1.82) is 0 Å². The third kappa shape index (κ3) is 6.79. The largest absolute Gasteiger partial charge is 0.480 e. The van der Waals surface area contributed by atoms with E-state index >= 15 is 0 Å². The molecule has 1 rings (SSSR count). The molecule has 1 aromatic rings. The van der Waals surface area contributed by atoms with Crippen LogP contribution in [0.1, 0.15) is 25.3 Å². The SMILES string of the molecule is CC(C)c1ccc(NC(=O)CN(CC(=O)O)CC(=O)O)cc1Br. The number of aliphatic carboxylic acids is 2. The number of hydrogen-bond donors (Lipinski definition) is 3. The Morgan fingerprint density at radius 1 is 1.13 bits per heavy atom. The zero-order valence-corrected chi connectivity index (χ0v) is 14.5. The lowest BCUT2D eigenvalue weighted by molar-refractivity contribution is -0.142. The molecule has 0 aliphatic rings. The van der Waals surface area contributed by atoms with E-state index in [0.29, 0.717) is 11.6 Å². The smallest absolute Gasteiger partial charge is 0.317 e. The van der Waals surface area contributed by atoms with Crippen LogP contribution in [0.2, 0.25) is 0 Å². The van der Waals surface area contributed by atoms with Crippen molar-refractivity contribution in [2.45, 2.75) is 19.8 Å². The second-order valence-corrected chi connectivity index (χ2v) is 6.23. The summed E-state index contributed by atoms with van der Waals surface area (Å²) in [5.41, 5.74) is 1.65. The maximum absolute atomic E-state index is 12.0. The van der Waals surface area contributed by atoms with E-state index in [0.717, 1.165) is 14.9 Å². The van der Waals surface area contributed by atoms with Crippen LogP contribution in [-0.2, 0) is 14.4 Å². The highest BCUT2D eigenvalue weighted by molar-refractivity contribution is 9.10. The van der Waals surface area contributed by atoms with Gasteiger partial charge >= 0.3 is 11.9 Å². The molecular weight excluding hydrogens is 368 g/mol. The predicted octanol–water partition coefficient (Wildman–Crippen LogP) is 1.98. The lowest BCUT2D eigenvalue weighted by atomic mass is 10.0. The van der Waals surface area contributed by atoms with Crippen LogP contribution >= 0.6 is 15.9 Å². The minimum atomic E-state index is -1.19. The third-order valence-corrected chi connectivity index (χ3v) is 3.68. The average molecular weight is 387 g/mol. The van der Waals surface area contributed by atoms with Gasteiger partial charge in [-0.25, -0.2) is 0 Å². The van der Waals surface area contributed by atoms with E-state index < -0.39 is 30.9 Å². The number of carbonyl (C=O) groups excluding carboxylic acids is 1. The summed E-state index contributed by atoms with van der Waals surface area (Å²) < 4.78 is 0.859. The molecule has 0 aromatic heterocycles. The van der Waals surface area contributed by atoms with Crippen molar-refractivity contribution >= 4 is 39.5 Å². The van der Waals surface area contributed by atoms with Crippen molar-refractivity contribution in [2.24, 2.45) is 0 Å². The minimum Gasteiger partial charge on any atom is -0.480 e. The van der Waals surface area contributed by atoms with Gasteiger partial charge in [-0.3, -0.25) is 19.3 Å². The molecule has 0 spiro atoms. The maximum atomic E-state index is 12.0. The number of carbonyl (C=O) groups is 3. The number of rotatable bonds is 8. The summed E-state index contributed by atoms with van der Waals surface area (Å²) in [7, 11) is 0. The predicted molar refractivity (Wildman–Crippen MR) is 88.6 cm³/mol. The second kappa shape index (κ2) is 8.64. The lowest BCUT2D eigenvalue weighted by Gasteiger charge is -2.17. The van der Waals surface area contributed by atoms with Crippen LogP contribution in [0, 0.1) is 0 Å². The number of carboxylic acids is 2. The summed E-state index contributed by atoms with van der Waals surface area (Å²) in [4.78, 5) is 34.4. The van der Waals surface area contributed by atoms with Crippen LogP contribution in [0.5, 0.6) is 0 Å². The quantitative estimate of drug-likeness (QED) is 0.630. The molecule has 0 bridgehead atoms.